The highest BCUT2D eigenvalue weighted by atomic mass is 35.5. The van der Waals surface area contributed by atoms with E-state index in [2.05, 4.69) is 17.3 Å². The van der Waals surface area contributed by atoms with Gasteiger partial charge in [0.15, 0.2) is 0 Å². The van der Waals surface area contributed by atoms with Crippen LogP contribution in [0.5, 0.6) is 5.75 Å². The number of carbonyl (C=O) groups is 1. The first-order chi connectivity index (χ1) is 11.6. The number of carbonyl (C=O) groups excluding carboxylic acids is 1. The Morgan fingerprint density at radius 1 is 1.38 bits per heavy atom. The standard InChI is InChI=1S/C17H24ClN3O3/c1-20-4-6-23-12-13(10-20)9-19-17(22)21-5-7-24-16-3-2-15(18)8-14(16)11-21/h2-3,8,13H,4-7,9-12H2,1H3,(H,19,22). The molecule has 1 unspecified atom stereocenters. The van der Waals surface area contributed by atoms with E-state index in [9.17, 15) is 4.79 Å². The summed E-state index contributed by atoms with van der Waals surface area (Å²) in [6.45, 7) is 5.46. The molecular weight excluding hydrogens is 330 g/mol. The predicted octanol–water partition coefficient (Wildman–Crippen LogP) is 1.82. The van der Waals surface area contributed by atoms with E-state index in [-0.39, 0.29) is 6.03 Å². The number of hydrogen-bond donors (Lipinski definition) is 1. The average molecular weight is 354 g/mol. The van der Waals surface area contributed by atoms with Gasteiger partial charge >= 0.3 is 6.03 Å². The summed E-state index contributed by atoms with van der Waals surface area (Å²) in [4.78, 5) is 16.5. The monoisotopic (exact) mass is 353 g/mol. The number of likely N-dealkylation sites (N-methyl/N-ethyl adjacent to an activating group) is 1. The molecule has 6 nitrogen and oxygen atoms in total. The second-order valence-corrected chi connectivity index (χ2v) is 6.85. The lowest BCUT2D eigenvalue weighted by atomic mass is 10.1. The van der Waals surface area contributed by atoms with Crippen LogP contribution in [0.15, 0.2) is 18.2 Å². The van der Waals surface area contributed by atoms with Crippen LogP contribution in [0.1, 0.15) is 5.56 Å². The molecule has 1 atom stereocenters. The van der Waals surface area contributed by atoms with E-state index in [1.807, 2.05) is 12.1 Å². The van der Waals surface area contributed by atoms with E-state index in [4.69, 9.17) is 21.1 Å². The zero-order valence-corrected chi connectivity index (χ0v) is 14.7. The van der Waals surface area contributed by atoms with Crippen LogP contribution in [0.2, 0.25) is 5.02 Å². The minimum Gasteiger partial charge on any atom is -0.491 e. The van der Waals surface area contributed by atoms with Gasteiger partial charge in [-0.3, -0.25) is 0 Å². The summed E-state index contributed by atoms with van der Waals surface area (Å²) in [7, 11) is 2.08. The summed E-state index contributed by atoms with van der Waals surface area (Å²) in [5.74, 6) is 1.11. The van der Waals surface area contributed by atoms with Gasteiger partial charge in [-0.25, -0.2) is 4.79 Å². The largest absolute Gasteiger partial charge is 0.491 e. The highest BCUT2D eigenvalue weighted by Crippen LogP contribution is 2.26. The lowest BCUT2D eigenvalue weighted by molar-refractivity contribution is 0.121. The number of rotatable bonds is 2. The van der Waals surface area contributed by atoms with Gasteiger partial charge in [-0.1, -0.05) is 11.6 Å². The van der Waals surface area contributed by atoms with Gasteiger partial charge in [0.25, 0.3) is 0 Å². The van der Waals surface area contributed by atoms with Crippen LogP contribution in [0.25, 0.3) is 0 Å². The smallest absolute Gasteiger partial charge is 0.317 e. The Balaban J connectivity index is 1.56. The quantitative estimate of drug-likeness (QED) is 0.881. The van der Waals surface area contributed by atoms with Crippen molar-refractivity contribution in [2.75, 3.05) is 53.0 Å². The van der Waals surface area contributed by atoms with Gasteiger partial charge in [0, 0.05) is 36.1 Å². The van der Waals surface area contributed by atoms with Gasteiger partial charge < -0.3 is 24.6 Å². The molecule has 1 N–H and O–H groups in total. The van der Waals surface area contributed by atoms with Gasteiger partial charge in [0.2, 0.25) is 0 Å². The average Bonchev–Trinajstić information content (AvgIpc) is 2.89. The van der Waals surface area contributed by atoms with Crippen molar-refractivity contribution in [3.63, 3.8) is 0 Å². The van der Waals surface area contributed by atoms with Crippen molar-refractivity contribution in [3.8, 4) is 5.75 Å². The summed E-state index contributed by atoms with van der Waals surface area (Å²) in [5.41, 5.74) is 0.938. The molecule has 2 heterocycles. The maximum absolute atomic E-state index is 12.5. The van der Waals surface area contributed by atoms with Crippen molar-refractivity contribution >= 4 is 17.6 Å². The van der Waals surface area contributed by atoms with Crippen LogP contribution in [-0.4, -0.2) is 68.9 Å². The first-order valence-corrected chi connectivity index (χ1v) is 8.70. The van der Waals surface area contributed by atoms with Crippen molar-refractivity contribution in [1.29, 1.82) is 0 Å². The number of nitrogens with one attached hydrogen (secondary N) is 1. The second-order valence-electron chi connectivity index (χ2n) is 6.41. The molecule has 2 aliphatic heterocycles. The molecule has 0 saturated carbocycles. The van der Waals surface area contributed by atoms with Gasteiger partial charge in [-0.2, -0.15) is 0 Å². The lowest BCUT2D eigenvalue weighted by Gasteiger charge is -2.23. The van der Waals surface area contributed by atoms with Crippen LogP contribution in [0, 0.1) is 5.92 Å². The fourth-order valence-electron chi connectivity index (χ4n) is 3.06. The lowest BCUT2D eigenvalue weighted by Crippen LogP contribution is -2.44. The third-order valence-corrected chi connectivity index (χ3v) is 4.61. The second kappa shape index (κ2) is 8.05. The number of ether oxygens (including phenoxy) is 2. The van der Waals surface area contributed by atoms with Crippen LogP contribution < -0.4 is 10.1 Å². The minimum atomic E-state index is -0.0710. The Labute approximate surface area is 147 Å². The molecule has 2 amide bonds. The fraction of sp³-hybridized carbons (Fsp3) is 0.588. The molecule has 0 radical (unpaired) electrons. The summed E-state index contributed by atoms with van der Waals surface area (Å²) < 4.78 is 11.3. The summed E-state index contributed by atoms with van der Waals surface area (Å²) in [5, 5.41) is 3.69. The summed E-state index contributed by atoms with van der Waals surface area (Å²) in [6.07, 6.45) is 0. The molecule has 132 valence electrons. The molecule has 1 aromatic carbocycles. The molecule has 0 bridgehead atoms. The third-order valence-electron chi connectivity index (χ3n) is 4.37. The third kappa shape index (κ3) is 4.53. The molecule has 1 saturated heterocycles. The maximum atomic E-state index is 12.5. The highest BCUT2D eigenvalue weighted by molar-refractivity contribution is 6.30. The number of halogens is 1. The normalized spacial score (nSPS) is 22.1. The fourth-order valence-corrected chi connectivity index (χ4v) is 3.25. The van der Waals surface area contributed by atoms with Gasteiger partial charge in [0.05, 0.1) is 26.3 Å². The first-order valence-electron chi connectivity index (χ1n) is 8.32. The first kappa shape index (κ1) is 17.3. The van der Waals surface area contributed by atoms with Crippen molar-refractivity contribution in [3.05, 3.63) is 28.8 Å². The molecule has 1 aromatic rings. The SMILES string of the molecule is CN1CCOCC(CNC(=O)N2CCOc3ccc(Cl)cc3C2)C1. The van der Waals surface area contributed by atoms with Crippen molar-refractivity contribution in [2.24, 2.45) is 5.92 Å². The Bertz CT molecular complexity index is 584. The zero-order chi connectivity index (χ0) is 16.9. The molecule has 0 spiro atoms. The topological polar surface area (TPSA) is 54.0 Å². The van der Waals surface area contributed by atoms with E-state index in [1.165, 1.54) is 0 Å². The zero-order valence-electron chi connectivity index (χ0n) is 14.0. The molecule has 3 rings (SSSR count). The van der Waals surface area contributed by atoms with Crippen LogP contribution in [0.4, 0.5) is 4.79 Å². The van der Waals surface area contributed by atoms with Gasteiger partial charge in [-0.15, -0.1) is 0 Å². The van der Waals surface area contributed by atoms with E-state index in [1.54, 1.807) is 11.0 Å². The number of nitrogens with zero attached hydrogens (tertiary/aromatic N) is 2. The highest BCUT2D eigenvalue weighted by Gasteiger charge is 2.22. The number of hydrogen-bond acceptors (Lipinski definition) is 4. The Morgan fingerprint density at radius 2 is 2.25 bits per heavy atom. The van der Waals surface area contributed by atoms with Crippen molar-refractivity contribution < 1.29 is 14.3 Å². The van der Waals surface area contributed by atoms with Gasteiger partial charge in [-0.05, 0) is 25.2 Å². The minimum absolute atomic E-state index is 0.0710. The maximum Gasteiger partial charge on any atom is 0.317 e. The van der Waals surface area contributed by atoms with Crippen LogP contribution in [0.3, 0.4) is 0 Å². The van der Waals surface area contributed by atoms with E-state index < -0.39 is 0 Å². The number of benzene rings is 1. The number of amides is 2. The number of fused-ring (bicyclic) bond motifs is 1. The molecule has 0 aromatic heterocycles. The van der Waals surface area contributed by atoms with Gasteiger partial charge in [0.1, 0.15) is 12.4 Å². The number of urea groups is 1. The Morgan fingerprint density at radius 3 is 3.12 bits per heavy atom. The van der Waals surface area contributed by atoms with Crippen molar-refractivity contribution in [2.45, 2.75) is 6.54 Å². The Kier molecular flexibility index (Phi) is 5.81. The Hall–Kier alpha value is -1.50. The van der Waals surface area contributed by atoms with Crippen molar-refractivity contribution in [1.82, 2.24) is 15.1 Å². The van der Waals surface area contributed by atoms with E-state index >= 15 is 0 Å². The molecule has 0 aliphatic carbocycles. The molecule has 24 heavy (non-hydrogen) atoms. The predicted molar refractivity (Wildman–Crippen MR) is 92.6 cm³/mol. The van der Waals surface area contributed by atoms with Crippen LogP contribution in [-0.2, 0) is 11.3 Å². The molecule has 2 aliphatic rings. The van der Waals surface area contributed by atoms with Crippen LogP contribution >= 0.6 is 11.6 Å². The molecular formula is C17H24ClN3O3. The molecule has 7 heteroatoms. The summed E-state index contributed by atoms with van der Waals surface area (Å²) >= 11 is 6.06. The van der Waals surface area contributed by atoms with E-state index in [0.717, 1.165) is 31.0 Å². The van der Waals surface area contributed by atoms with E-state index in [0.29, 0.717) is 43.8 Å². The molecule has 1 fully saturated rings. The summed E-state index contributed by atoms with van der Waals surface area (Å²) in [6, 6.07) is 5.45.